The fourth-order valence-corrected chi connectivity index (χ4v) is 1.98. The van der Waals surface area contributed by atoms with Crippen LogP contribution in [-0.2, 0) is 0 Å². The quantitative estimate of drug-likeness (QED) is 0.673. The van der Waals surface area contributed by atoms with Gasteiger partial charge in [-0.2, -0.15) is 0 Å². The number of benzene rings is 2. The summed E-state index contributed by atoms with van der Waals surface area (Å²) in [6.45, 7) is 4.24. The van der Waals surface area contributed by atoms with Crippen molar-refractivity contribution in [3.63, 3.8) is 0 Å². The lowest BCUT2D eigenvalue weighted by molar-refractivity contribution is 0.555. The predicted octanol–water partition coefficient (Wildman–Crippen LogP) is 4.20. The van der Waals surface area contributed by atoms with Crippen LogP contribution in [0.5, 0.6) is 0 Å². The smallest absolute Gasteiger partial charge is 0.137 e. The second-order valence-electron chi connectivity index (χ2n) is 5.12. The molecule has 88 valence electrons. The SMILES string of the molecule is Cc1ccc([N+](C)(C)c2ccc(C)cc2)cc1. The maximum atomic E-state index is 2.22. The molecule has 0 bridgehead atoms. The molecule has 0 saturated carbocycles. The van der Waals surface area contributed by atoms with Gasteiger partial charge in [0.25, 0.3) is 0 Å². The Labute approximate surface area is 104 Å². The van der Waals surface area contributed by atoms with E-state index in [2.05, 4.69) is 76.5 Å². The fraction of sp³-hybridized carbons (Fsp3) is 0.250. The zero-order chi connectivity index (χ0) is 12.5. The topological polar surface area (TPSA) is 0 Å². The van der Waals surface area contributed by atoms with E-state index in [1.807, 2.05) is 0 Å². The van der Waals surface area contributed by atoms with Crippen molar-refractivity contribution in [3.8, 4) is 0 Å². The van der Waals surface area contributed by atoms with Crippen LogP contribution in [0.15, 0.2) is 48.5 Å². The first kappa shape index (κ1) is 11.9. The summed E-state index contributed by atoms with van der Waals surface area (Å²) in [6, 6.07) is 17.5. The summed E-state index contributed by atoms with van der Waals surface area (Å²) in [4.78, 5) is 0. The third-order valence-electron chi connectivity index (χ3n) is 3.36. The van der Waals surface area contributed by atoms with E-state index in [0.29, 0.717) is 0 Å². The minimum absolute atomic E-state index is 0.778. The Bertz CT molecular complexity index is 445. The van der Waals surface area contributed by atoms with Gasteiger partial charge in [-0.15, -0.1) is 0 Å². The van der Waals surface area contributed by atoms with Crippen LogP contribution < -0.4 is 4.48 Å². The molecule has 0 unspecified atom stereocenters. The normalized spacial score (nSPS) is 11.5. The Morgan fingerprint density at radius 3 is 1.18 bits per heavy atom. The molecule has 2 aromatic carbocycles. The van der Waals surface area contributed by atoms with Crippen LogP contribution in [0.25, 0.3) is 0 Å². The van der Waals surface area contributed by atoms with Crippen molar-refractivity contribution < 1.29 is 0 Å². The third kappa shape index (κ3) is 2.40. The van der Waals surface area contributed by atoms with Crippen molar-refractivity contribution in [1.29, 1.82) is 0 Å². The van der Waals surface area contributed by atoms with Crippen LogP contribution in [0.1, 0.15) is 11.1 Å². The van der Waals surface area contributed by atoms with Gasteiger partial charge in [0.05, 0.1) is 14.1 Å². The zero-order valence-corrected chi connectivity index (χ0v) is 11.1. The Morgan fingerprint density at radius 1 is 0.588 bits per heavy atom. The number of aryl methyl sites for hydroxylation is 2. The molecule has 2 rings (SSSR count). The molecule has 0 heterocycles. The highest BCUT2D eigenvalue weighted by atomic mass is 15.3. The molecule has 0 aliphatic carbocycles. The maximum absolute atomic E-state index is 2.22. The molecular formula is C16H20N+. The van der Waals surface area contributed by atoms with Crippen LogP contribution in [-0.4, -0.2) is 14.1 Å². The number of nitrogens with zero attached hydrogens (tertiary/aromatic N) is 1. The molecule has 0 fully saturated rings. The van der Waals surface area contributed by atoms with Crippen molar-refractivity contribution in [2.75, 3.05) is 14.1 Å². The van der Waals surface area contributed by atoms with Crippen molar-refractivity contribution in [2.24, 2.45) is 0 Å². The molecule has 0 atom stereocenters. The molecule has 1 nitrogen and oxygen atoms in total. The van der Waals surface area contributed by atoms with E-state index < -0.39 is 0 Å². The average Bonchev–Trinajstić information content (AvgIpc) is 2.30. The second-order valence-corrected chi connectivity index (χ2v) is 5.12. The van der Waals surface area contributed by atoms with Gasteiger partial charge in [-0.1, -0.05) is 35.4 Å². The average molecular weight is 226 g/mol. The molecule has 17 heavy (non-hydrogen) atoms. The molecule has 0 aliphatic rings. The first-order valence-corrected chi connectivity index (χ1v) is 5.98. The maximum Gasteiger partial charge on any atom is 0.137 e. The fourth-order valence-electron chi connectivity index (χ4n) is 1.98. The molecule has 2 aromatic rings. The van der Waals surface area contributed by atoms with E-state index in [1.54, 1.807) is 0 Å². The van der Waals surface area contributed by atoms with Crippen LogP contribution in [0, 0.1) is 13.8 Å². The molecule has 0 aromatic heterocycles. The van der Waals surface area contributed by atoms with E-state index in [0.717, 1.165) is 4.48 Å². The molecular weight excluding hydrogens is 206 g/mol. The van der Waals surface area contributed by atoms with Crippen LogP contribution in [0.2, 0.25) is 0 Å². The van der Waals surface area contributed by atoms with Crippen molar-refractivity contribution in [1.82, 2.24) is 4.48 Å². The highest BCUT2D eigenvalue weighted by molar-refractivity contribution is 5.57. The van der Waals surface area contributed by atoms with E-state index in [9.17, 15) is 0 Å². The summed E-state index contributed by atoms with van der Waals surface area (Å²) in [5.74, 6) is 0. The lowest BCUT2D eigenvalue weighted by Gasteiger charge is -2.29. The largest absolute Gasteiger partial charge is 0.264 e. The Morgan fingerprint density at radius 2 is 0.882 bits per heavy atom. The van der Waals surface area contributed by atoms with Crippen molar-refractivity contribution in [3.05, 3.63) is 59.7 Å². The van der Waals surface area contributed by atoms with Gasteiger partial charge >= 0.3 is 0 Å². The highest BCUT2D eigenvalue weighted by Crippen LogP contribution is 2.30. The number of quaternary nitrogens is 1. The Kier molecular flexibility index (Phi) is 3.03. The van der Waals surface area contributed by atoms with Gasteiger partial charge in [0, 0.05) is 0 Å². The summed E-state index contributed by atoms with van der Waals surface area (Å²) < 4.78 is 0.778. The molecule has 0 amide bonds. The van der Waals surface area contributed by atoms with Gasteiger partial charge in [-0.3, -0.25) is 4.48 Å². The summed E-state index contributed by atoms with van der Waals surface area (Å²) in [7, 11) is 4.44. The standard InChI is InChI=1S/C16H20N/c1-13-5-9-15(10-6-13)17(3,4)16-11-7-14(2)8-12-16/h5-12H,1-4H3/q+1. The summed E-state index contributed by atoms with van der Waals surface area (Å²) in [6.07, 6.45) is 0. The molecule has 0 saturated heterocycles. The number of hydrogen-bond acceptors (Lipinski definition) is 0. The second kappa shape index (κ2) is 4.34. The van der Waals surface area contributed by atoms with Crippen LogP contribution in [0.4, 0.5) is 11.4 Å². The molecule has 0 N–H and O–H groups in total. The van der Waals surface area contributed by atoms with E-state index in [-0.39, 0.29) is 0 Å². The minimum atomic E-state index is 0.778. The Balaban J connectivity index is 2.41. The lowest BCUT2D eigenvalue weighted by Crippen LogP contribution is -2.34. The van der Waals surface area contributed by atoms with Crippen LogP contribution >= 0.6 is 0 Å². The Hall–Kier alpha value is -1.60. The summed E-state index contributed by atoms with van der Waals surface area (Å²) >= 11 is 0. The monoisotopic (exact) mass is 226 g/mol. The molecule has 0 aliphatic heterocycles. The molecule has 0 spiro atoms. The van der Waals surface area contributed by atoms with E-state index in [1.165, 1.54) is 22.5 Å². The van der Waals surface area contributed by atoms with E-state index in [4.69, 9.17) is 0 Å². The first-order chi connectivity index (χ1) is 8.00. The number of rotatable bonds is 2. The van der Waals surface area contributed by atoms with Crippen LogP contribution in [0.3, 0.4) is 0 Å². The van der Waals surface area contributed by atoms with E-state index >= 15 is 0 Å². The van der Waals surface area contributed by atoms with Crippen molar-refractivity contribution in [2.45, 2.75) is 13.8 Å². The molecule has 0 radical (unpaired) electrons. The van der Waals surface area contributed by atoms with Gasteiger partial charge in [-0.25, -0.2) is 0 Å². The third-order valence-corrected chi connectivity index (χ3v) is 3.36. The zero-order valence-electron chi connectivity index (χ0n) is 11.1. The van der Waals surface area contributed by atoms with Crippen molar-refractivity contribution >= 4 is 11.4 Å². The summed E-state index contributed by atoms with van der Waals surface area (Å²) in [5.41, 5.74) is 5.22. The molecule has 1 heteroatoms. The van der Waals surface area contributed by atoms with Gasteiger partial charge in [0.1, 0.15) is 11.4 Å². The highest BCUT2D eigenvalue weighted by Gasteiger charge is 2.21. The van der Waals surface area contributed by atoms with Gasteiger partial charge < -0.3 is 0 Å². The predicted molar refractivity (Wildman–Crippen MR) is 75.7 cm³/mol. The first-order valence-electron chi connectivity index (χ1n) is 5.98. The lowest BCUT2D eigenvalue weighted by atomic mass is 10.1. The minimum Gasteiger partial charge on any atom is -0.264 e. The van der Waals surface area contributed by atoms with Gasteiger partial charge in [-0.05, 0) is 38.1 Å². The summed E-state index contributed by atoms with van der Waals surface area (Å²) in [5, 5.41) is 0. The number of hydrogen-bond donors (Lipinski definition) is 0. The van der Waals surface area contributed by atoms with Gasteiger partial charge in [0.15, 0.2) is 0 Å². The van der Waals surface area contributed by atoms with Gasteiger partial charge in [0.2, 0.25) is 0 Å².